The lowest BCUT2D eigenvalue weighted by molar-refractivity contribution is 0.414. The fraction of sp³-hybridized carbons (Fsp3) is 0.286. The van der Waals surface area contributed by atoms with Crippen molar-refractivity contribution >= 4 is 17.2 Å². The maximum absolute atomic E-state index is 5.72. The average Bonchev–Trinajstić information content (AvgIpc) is 2.67. The van der Waals surface area contributed by atoms with Crippen molar-refractivity contribution in [3.05, 3.63) is 46.8 Å². The number of methoxy groups -OCH3 is 1. The Hall–Kier alpha value is -1.88. The van der Waals surface area contributed by atoms with Crippen LogP contribution in [0.25, 0.3) is 0 Å². The van der Waals surface area contributed by atoms with Crippen molar-refractivity contribution in [3.63, 3.8) is 0 Å². The van der Waals surface area contributed by atoms with Gasteiger partial charge in [0, 0.05) is 5.69 Å². The van der Waals surface area contributed by atoms with Crippen LogP contribution in [-0.4, -0.2) is 21.9 Å². The zero-order chi connectivity index (χ0) is 14.0. The van der Waals surface area contributed by atoms with Crippen LogP contribution < -0.4 is 10.5 Å². The molecule has 2 N–H and O–H groups in total. The topological polar surface area (TPSA) is 53.1 Å². The fourth-order valence-corrected chi connectivity index (χ4v) is 2.21. The molecule has 1 aromatic heterocycles. The van der Waals surface area contributed by atoms with E-state index in [1.807, 2.05) is 36.7 Å². The van der Waals surface area contributed by atoms with Crippen LogP contribution in [0.1, 0.15) is 22.5 Å². The summed E-state index contributed by atoms with van der Waals surface area (Å²) in [5.41, 5.74) is 9.71. The van der Waals surface area contributed by atoms with Crippen molar-refractivity contribution in [3.8, 4) is 5.75 Å². The smallest absolute Gasteiger partial charge is 0.129 e. The average molecular weight is 275 g/mol. The molecule has 0 amide bonds. The SMILES string of the molecule is COc1ccc(Cn2nc(C)cc2C)cc1C(N)=S. The number of nitrogens with zero attached hydrogens (tertiary/aromatic N) is 2. The van der Waals surface area contributed by atoms with Crippen LogP contribution in [0.3, 0.4) is 0 Å². The first-order valence-electron chi connectivity index (χ1n) is 5.99. The van der Waals surface area contributed by atoms with Crippen LogP contribution in [0.2, 0.25) is 0 Å². The minimum absolute atomic E-state index is 0.340. The molecule has 0 unspecified atom stereocenters. The summed E-state index contributed by atoms with van der Waals surface area (Å²) in [6.45, 7) is 4.72. The summed E-state index contributed by atoms with van der Waals surface area (Å²) < 4.78 is 7.21. The van der Waals surface area contributed by atoms with Crippen LogP contribution in [0.4, 0.5) is 0 Å². The van der Waals surface area contributed by atoms with Gasteiger partial charge in [-0.2, -0.15) is 5.10 Å². The predicted molar refractivity (Wildman–Crippen MR) is 79.7 cm³/mol. The Balaban J connectivity index is 2.33. The van der Waals surface area contributed by atoms with Crippen molar-refractivity contribution in [2.24, 2.45) is 5.73 Å². The van der Waals surface area contributed by atoms with Crippen molar-refractivity contribution in [1.82, 2.24) is 9.78 Å². The molecule has 0 aliphatic rings. The highest BCUT2D eigenvalue weighted by molar-refractivity contribution is 7.80. The van der Waals surface area contributed by atoms with Crippen LogP contribution in [0.15, 0.2) is 24.3 Å². The number of hydrogen-bond acceptors (Lipinski definition) is 3. The van der Waals surface area contributed by atoms with Gasteiger partial charge in [0.2, 0.25) is 0 Å². The Morgan fingerprint density at radius 3 is 2.63 bits per heavy atom. The Morgan fingerprint density at radius 1 is 1.37 bits per heavy atom. The van der Waals surface area contributed by atoms with Crippen LogP contribution in [0, 0.1) is 13.8 Å². The van der Waals surface area contributed by atoms with Gasteiger partial charge in [0.1, 0.15) is 10.7 Å². The lowest BCUT2D eigenvalue weighted by Gasteiger charge is -2.10. The van der Waals surface area contributed by atoms with Gasteiger partial charge in [-0.15, -0.1) is 0 Å². The molecule has 2 rings (SSSR count). The van der Waals surface area contributed by atoms with Crippen molar-refractivity contribution in [1.29, 1.82) is 0 Å². The molecule has 0 fully saturated rings. The molecule has 0 radical (unpaired) electrons. The van der Waals surface area contributed by atoms with Gasteiger partial charge in [-0.3, -0.25) is 4.68 Å². The molecule has 19 heavy (non-hydrogen) atoms. The number of hydrogen-bond donors (Lipinski definition) is 1. The molecular formula is C14H17N3OS. The minimum atomic E-state index is 0.340. The zero-order valence-corrected chi connectivity index (χ0v) is 12.1. The molecule has 0 spiro atoms. The molecule has 5 heteroatoms. The molecule has 0 saturated carbocycles. The summed E-state index contributed by atoms with van der Waals surface area (Å²) in [6.07, 6.45) is 0. The molecule has 0 aliphatic carbocycles. The predicted octanol–water partition coefficient (Wildman–Crippen LogP) is 2.19. The summed E-state index contributed by atoms with van der Waals surface area (Å²) in [7, 11) is 1.61. The normalized spacial score (nSPS) is 10.5. The van der Waals surface area contributed by atoms with E-state index < -0.39 is 0 Å². The highest BCUT2D eigenvalue weighted by Crippen LogP contribution is 2.20. The molecule has 4 nitrogen and oxygen atoms in total. The summed E-state index contributed by atoms with van der Waals surface area (Å²) >= 11 is 5.05. The Bertz CT molecular complexity index is 619. The van der Waals surface area contributed by atoms with E-state index in [0.717, 1.165) is 22.5 Å². The monoisotopic (exact) mass is 275 g/mol. The Morgan fingerprint density at radius 2 is 2.11 bits per heavy atom. The second-order valence-corrected chi connectivity index (χ2v) is 4.92. The molecule has 1 aromatic carbocycles. The van der Waals surface area contributed by atoms with Gasteiger partial charge in [-0.05, 0) is 37.6 Å². The van der Waals surface area contributed by atoms with Gasteiger partial charge < -0.3 is 10.5 Å². The second kappa shape index (κ2) is 5.40. The number of nitrogens with two attached hydrogens (primary N) is 1. The van der Waals surface area contributed by atoms with E-state index >= 15 is 0 Å². The zero-order valence-electron chi connectivity index (χ0n) is 11.3. The van der Waals surface area contributed by atoms with Crippen LogP contribution in [-0.2, 0) is 6.54 Å². The van der Waals surface area contributed by atoms with E-state index in [2.05, 4.69) is 11.2 Å². The van der Waals surface area contributed by atoms with E-state index in [-0.39, 0.29) is 0 Å². The highest BCUT2D eigenvalue weighted by Gasteiger charge is 2.08. The number of rotatable bonds is 4. The second-order valence-electron chi connectivity index (χ2n) is 4.48. The number of benzene rings is 1. The minimum Gasteiger partial charge on any atom is -0.496 e. The highest BCUT2D eigenvalue weighted by atomic mass is 32.1. The number of ether oxygens (including phenoxy) is 1. The third-order valence-corrected chi connectivity index (χ3v) is 3.18. The van der Waals surface area contributed by atoms with Gasteiger partial charge in [0.25, 0.3) is 0 Å². The molecule has 100 valence electrons. The molecular weight excluding hydrogens is 258 g/mol. The molecule has 0 atom stereocenters. The first-order valence-corrected chi connectivity index (χ1v) is 6.40. The fourth-order valence-electron chi connectivity index (χ4n) is 2.05. The largest absolute Gasteiger partial charge is 0.496 e. The first-order chi connectivity index (χ1) is 9.01. The maximum atomic E-state index is 5.72. The quantitative estimate of drug-likeness (QED) is 0.869. The summed E-state index contributed by atoms with van der Waals surface area (Å²) in [4.78, 5) is 0.340. The number of thiocarbonyl (C=S) groups is 1. The Labute approximate surface area is 118 Å². The van der Waals surface area contributed by atoms with E-state index in [9.17, 15) is 0 Å². The summed E-state index contributed by atoms with van der Waals surface area (Å²) in [5, 5.41) is 4.44. The van der Waals surface area contributed by atoms with Crippen LogP contribution in [0.5, 0.6) is 5.75 Å². The van der Waals surface area contributed by atoms with Crippen molar-refractivity contribution in [2.45, 2.75) is 20.4 Å². The van der Waals surface area contributed by atoms with E-state index in [1.165, 1.54) is 0 Å². The first kappa shape index (κ1) is 13.5. The summed E-state index contributed by atoms with van der Waals surface area (Å²) in [6, 6.07) is 7.89. The number of aromatic nitrogens is 2. The standard InChI is InChI=1S/C14H17N3OS/c1-9-6-10(2)17(16-9)8-11-4-5-13(18-3)12(7-11)14(15)19/h4-7H,8H2,1-3H3,(H2,15,19). The summed E-state index contributed by atoms with van der Waals surface area (Å²) in [5.74, 6) is 0.699. The van der Waals surface area contributed by atoms with E-state index in [1.54, 1.807) is 7.11 Å². The molecule has 0 saturated heterocycles. The molecule has 1 heterocycles. The van der Waals surface area contributed by atoms with Gasteiger partial charge in [0.15, 0.2) is 0 Å². The molecule has 0 aliphatic heterocycles. The lowest BCUT2D eigenvalue weighted by Crippen LogP contribution is -2.12. The number of aryl methyl sites for hydroxylation is 2. The van der Waals surface area contributed by atoms with E-state index in [4.69, 9.17) is 22.7 Å². The van der Waals surface area contributed by atoms with Crippen molar-refractivity contribution < 1.29 is 4.74 Å². The lowest BCUT2D eigenvalue weighted by atomic mass is 10.1. The molecule has 2 aromatic rings. The van der Waals surface area contributed by atoms with E-state index in [0.29, 0.717) is 17.3 Å². The maximum Gasteiger partial charge on any atom is 0.129 e. The van der Waals surface area contributed by atoms with Gasteiger partial charge >= 0.3 is 0 Å². The Kier molecular flexibility index (Phi) is 3.85. The van der Waals surface area contributed by atoms with Gasteiger partial charge in [-0.1, -0.05) is 18.3 Å². The third-order valence-electron chi connectivity index (χ3n) is 2.97. The van der Waals surface area contributed by atoms with Gasteiger partial charge in [0.05, 0.1) is 24.9 Å². The third kappa shape index (κ3) is 2.93. The molecule has 0 bridgehead atoms. The van der Waals surface area contributed by atoms with Gasteiger partial charge in [-0.25, -0.2) is 0 Å². The van der Waals surface area contributed by atoms with Crippen molar-refractivity contribution in [2.75, 3.05) is 7.11 Å². The van der Waals surface area contributed by atoms with Crippen LogP contribution >= 0.6 is 12.2 Å².